The van der Waals surface area contributed by atoms with E-state index in [0.717, 1.165) is 65.0 Å². The fraction of sp³-hybridized carbons (Fsp3) is 0.391. The summed E-state index contributed by atoms with van der Waals surface area (Å²) in [5.74, 6) is 0. The van der Waals surface area contributed by atoms with Gasteiger partial charge in [-0.25, -0.2) is 4.68 Å². The SMILES string of the molecule is Cc1cccc2c(Cc3ccc(Cl)cc3)nn(C3CCCN(C)CC3)c(=O)c12. The number of hydrogen-bond acceptors (Lipinski definition) is 3. The number of aryl methyl sites for hydroxylation is 1. The predicted molar refractivity (Wildman–Crippen MR) is 115 cm³/mol. The predicted octanol–water partition coefficient (Wildman–Crippen LogP) is 4.61. The first-order valence-corrected chi connectivity index (χ1v) is 10.3. The summed E-state index contributed by atoms with van der Waals surface area (Å²) >= 11 is 6.04. The number of likely N-dealkylation sites (tertiary alicyclic amines) is 1. The number of fused-ring (bicyclic) bond motifs is 1. The Morgan fingerprint density at radius 3 is 2.68 bits per heavy atom. The molecule has 1 aliphatic rings. The van der Waals surface area contributed by atoms with Crippen LogP contribution in [0.25, 0.3) is 10.8 Å². The first-order valence-electron chi connectivity index (χ1n) is 9.97. The highest BCUT2D eigenvalue weighted by Crippen LogP contribution is 2.25. The average molecular weight is 396 g/mol. The number of halogens is 1. The molecule has 0 spiro atoms. The van der Waals surface area contributed by atoms with Crippen molar-refractivity contribution in [3.8, 4) is 0 Å². The van der Waals surface area contributed by atoms with E-state index < -0.39 is 0 Å². The molecular weight excluding hydrogens is 370 g/mol. The Kier molecular flexibility index (Phi) is 5.51. The summed E-state index contributed by atoms with van der Waals surface area (Å²) in [6.07, 6.45) is 3.73. The molecule has 0 radical (unpaired) electrons. The van der Waals surface area contributed by atoms with Crippen molar-refractivity contribution in [2.45, 2.75) is 38.6 Å². The number of nitrogens with zero attached hydrogens (tertiary/aromatic N) is 3. The van der Waals surface area contributed by atoms with Gasteiger partial charge in [-0.05, 0) is 69.6 Å². The van der Waals surface area contributed by atoms with Crippen molar-refractivity contribution < 1.29 is 0 Å². The molecule has 1 aliphatic heterocycles. The van der Waals surface area contributed by atoms with Gasteiger partial charge < -0.3 is 4.90 Å². The molecule has 0 saturated carbocycles. The summed E-state index contributed by atoms with van der Waals surface area (Å²) in [5, 5.41) is 7.39. The van der Waals surface area contributed by atoms with Gasteiger partial charge in [-0.1, -0.05) is 41.9 Å². The van der Waals surface area contributed by atoms with E-state index in [-0.39, 0.29) is 11.6 Å². The summed E-state index contributed by atoms with van der Waals surface area (Å²) in [5.41, 5.74) is 3.16. The molecule has 1 unspecified atom stereocenters. The molecular formula is C23H26ClN3O. The first-order chi connectivity index (χ1) is 13.5. The quantitative estimate of drug-likeness (QED) is 0.650. The molecule has 5 heteroatoms. The van der Waals surface area contributed by atoms with E-state index in [1.165, 1.54) is 0 Å². The van der Waals surface area contributed by atoms with Gasteiger partial charge in [-0.3, -0.25) is 4.79 Å². The molecule has 1 aromatic heterocycles. The summed E-state index contributed by atoms with van der Waals surface area (Å²) in [7, 11) is 2.15. The highest BCUT2D eigenvalue weighted by molar-refractivity contribution is 6.30. The topological polar surface area (TPSA) is 38.1 Å². The minimum Gasteiger partial charge on any atom is -0.306 e. The van der Waals surface area contributed by atoms with Crippen LogP contribution in [0.15, 0.2) is 47.3 Å². The number of rotatable bonds is 3. The zero-order valence-electron chi connectivity index (χ0n) is 16.5. The minimum atomic E-state index is 0.0440. The maximum atomic E-state index is 13.4. The lowest BCUT2D eigenvalue weighted by molar-refractivity contribution is 0.334. The van der Waals surface area contributed by atoms with E-state index in [0.29, 0.717) is 6.42 Å². The summed E-state index contributed by atoms with van der Waals surface area (Å²) in [6.45, 7) is 4.09. The third kappa shape index (κ3) is 3.85. The minimum absolute atomic E-state index is 0.0440. The van der Waals surface area contributed by atoms with Crippen molar-refractivity contribution in [2.75, 3.05) is 20.1 Å². The third-order valence-corrected chi connectivity index (χ3v) is 6.04. The van der Waals surface area contributed by atoms with Crippen LogP contribution in [-0.2, 0) is 6.42 Å². The van der Waals surface area contributed by atoms with Gasteiger partial charge >= 0.3 is 0 Å². The zero-order valence-corrected chi connectivity index (χ0v) is 17.2. The van der Waals surface area contributed by atoms with Crippen LogP contribution >= 0.6 is 11.6 Å². The van der Waals surface area contributed by atoms with Gasteiger partial charge in [0.25, 0.3) is 5.56 Å². The van der Waals surface area contributed by atoms with Gasteiger partial charge in [0.1, 0.15) is 0 Å². The maximum absolute atomic E-state index is 13.4. The van der Waals surface area contributed by atoms with Gasteiger partial charge in [0, 0.05) is 16.8 Å². The molecule has 2 aromatic carbocycles. The van der Waals surface area contributed by atoms with Crippen LogP contribution in [-0.4, -0.2) is 34.8 Å². The molecule has 2 heterocycles. The third-order valence-electron chi connectivity index (χ3n) is 5.79. The molecule has 0 N–H and O–H groups in total. The Labute approximate surface area is 170 Å². The fourth-order valence-corrected chi connectivity index (χ4v) is 4.30. The molecule has 3 aromatic rings. The van der Waals surface area contributed by atoms with E-state index in [1.807, 2.05) is 49.4 Å². The Balaban J connectivity index is 1.83. The second-order valence-corrected chi connectivity index (χ2v) is 8.32. The average Bonchev–Trinajstić information content (AvgIpc) is 2.90. The summed E-state index contributed by atoms with van der Waals surface area (Å²) in [4.78, 5) is 15.7. The first kappa shape index (κ1) is 19.2. The van der Waals surface area contributed by atoms with Crippen molar-refractivity contribution in [2.24, 2.45) is 0 Å². The van der Waals surface area contributed by atoms with Crippen LogP contribution in [0.3, 0.4) is 0 Å². The van der Waals surface area contributed by atoms with Gasteiger partial charge in [-0.15, -0.1) is 0 Å². The standard InChI is InChI=1S/C23H26ClN3O/c1-16-5-3-7-20-21(15-17-8-10-18(24)11-9-17)25-27(23(28)22(16)20)19-6-4-13-26(2)14-12-19/h3,5,7-11,19H,4,6,12-15H2,1-2H3. The number of hydrogen-bond donors (Lipinski definition) is 0. The van der Waals surface area contributed by atoms with Crippen molar-refractivity contribution in [3.63, 3.8) is 0 Å². The van der Waals surface area contributed by atoms with E-state index in [1.54, 1.807) is 4.68 Å². The van der Waals surface area contributed by atoms with Gasteiger partial charge in [0.15, 0.2) is 0 Å². The molecule has 4 nitrogen and oxygen atoms in total. The lowest BCUT2D eigenvalue weighted by atomic mass is 10.0. The highest BCUT2D eigenvalue weighted by atomic mass is 35.5. The zero-order chi connectivity index (χ0) is 19.7. The Morgan fingerprint density at radius 2 is 1.89 bits per heavy atom. The highest BCUT2D eigenvalue weighted by Gasteiger charge is 2.21. The van der Waals surface area contributed by atoms with Gasteiger partial charge in [0.2, 0.25) is 0 Å². The van der Waals surface area contributed by atoms with Crippen molar-refractivity contribution in [3.05, 3.63) is 74.7 Å². The van der Waals surface area contributed by atoms with E-state index >= 15 is 0 Å². The number of aromatic nitrogens is 2. The van der Waals surface area contributed by atoms with E-state index in [2.05, 4.69) is 11.9 Å². The maximum Gasteiger partial charge on any atom is 0.275 e. The van der Waals surface area contributed by atoms with Crippen LogP contribution in [0.2, 0.25) is 5.02 Å². The normalized spacial score (nSPS) is 18.3. The summed E-state index contributed by atoms with van der Waals surface area (Å²) in [6, 6.07) is 14.1. The van der Waals surface area contributed by atoms with E-state index in [9.17, 15) is 4.79 Å². The van der Waals surface area contributed by atoms with Crippen molar-refractivity contribution >= 4 is 22.4 Å². The monoisotopic (exact) mass is 395 g/mol. The van der Waals surface area contributed by atoms with Crippen LogP contribution in [0.1, 0.15) is 42.1 Å². The molecule has 0 amide bonds. The van der Waals surface area contributed by atoms with Crippen LogP contribution < -0.4 is 5.56 Å². The number of benzene rings is 2. The van der Waals surface area contributed by atoms with Crippen molar-refractivity contribution in [1.82, 2.24) is 14.7 Å². The molecule has 1 atom stereocenters. The largest absolute Gasteiger partial charge is 0.306 e. The lowest BCUT2D eigenvalue weighted by Crippen LogP contribution is -2.30. The summed E-state index contributed by atoms with van der Waals surface area (Å²) < 4.78 is 1.78. The lowest BCUT2D eigenvalue weighted by Gasteiger charge is -2.20. The molecule has 4 rings (SSSR count). The fourth-order valence-electron chi connectivity index (χ4n) is 4.18. The van der Waals surface area contributed by atoms with E-state index in [4.69, 9.17) is 16.7 Å². The molecule has 0 bridgehead atoms. The molecule has 0 aliphatic carbocycles. The van der Waals surface area contributed by atoms with Crippen LogP contribution in [0.5, 0.6) is 0 Å². The second-order valence-electron chi connectivity index (χ2n) is 7.89. The molecule has 28 heavy (non-hydrogen) atoms. The van der Waals surface area contributed by atoms with Gasteiger partial charge in [-0.2, -0.15) is 5.10 Å². The molecule has 146 valence electrons. The Morgan fingerprint density at radius 1 is 1.11 bits per heavy atom. The second kappa shape index (κ2) is 8.06. The van der Waals surface area contributed by atoms with Crippen molar-refractivity contribution in [1.29, 1.82) is 0 Å². The molecule has 1 fully saturated rings. The van der Waals surface area contributed by atoms with Crippen LogP contribution in [0.4, 0.5) is 0 Å². The smallest absolute Gasteiger partial charge is 0.275 e. The van der Waals surface area contributed by atoms with Gasteiger partial charge in [0.05, 0.1) is 17.1 Å². The Bertz CT molecular complexity index is 1040. The Hall–Kier alpha value is -2.17. The molecule has 1 saturated heterocycles. The van der Waals surface area contributed by atoms with Crippen LogP contribution in [0, 0.1) is 6.92 Å².